The van der Waals surface area contributed by atoms with Gasteiger partial charge in [0.05, 0.1) is 32.0 Å². The van der Waals surface area contributed by atoms with Gasteiger partial charge in [-0.15, -0.1) is 0 Å². The maximum absolute atomic E-state index is 13.1. The molecule has 2 aliphatic rings. The lowest BCUT2D eigenvalue weighted by atomic mass is 9.95. The fourth-order valence-electron chi connectivity index (χ4n) is 5.19. The van der Waals surface area contributed by atoms with Gasteiger partial charge in [0.25, 0.3) is 0 Å². The van der Waals surface area contributed by atoms with E-state index in [1.165, 1.54) is 16.7 Å². The molecule has 1 saturated heterocycles. The van der Waals surface area contributed by atoms with Gasteiger partial charge in [0.1, 0.15) is 0 Å². The van der Waals surface area contributed by atoms with Crippen LogP contribution in [-0.4, -0.2) is 60.2 Å². The Labute approximate surface area is 213 Å². The molecule has 0 amide bonds. The normalized spacial score (nSPS) is 22.9. The molecular weight excluding hydrogens is 454 g/mol. The van der Waals surface area contributed by atoms with Crippen molar-refractivity contribution in [2.24, 2.45) is 5.92 Å². The molecule has 4 rings (SSSR count). The molecule has 1 aliphatic carbocycles. The Morgan fingerprint density at radius 2 is 1.72 bits per heavy atom. The summed E-state index contributed by atoms with van der Waals surface area (Å²) in [5.74, 6) is -0.434. The van der Waals surface area contributed by atoms with Crippen LogP contribution in [0.25, 0.3) is 11.1 Å². The van der Waals surface area contributed by atoms with Gasteiger partial charge in [0.15, 0.2) is 5.78 Å². The quantitative estimate of drug-likeness (QED) is 0.351. The fraction of sp³-hybridized carbons (Fsp3) is 0.467. The van der Waals surface area contributed by atoms with Crippen molar-refractivity contribution in [1.29, 1.82) is 0 Å². The summed E-state index contributed by atoms with van der Waals surface area (Å²) in [5.41, 5.74) is 4.71. The minimum absolute atomic E-state index is 0.0816. The van der Waals surface area contributed by atoms with Gasteiger partial charge in [-0.2, -0.15) is 0 Å². The van der Waals surface area contributed by atoms with E-state index in [2.05, 4.69) is 66.4 Å². The zero-order chi connectivity index (χ0) is 25.3. The van der Waals surface area contributed by atoms with Crippen LogP contribution < -0.4 is 0 Å². The van der Waals surface area contributed by atoms with Crippen molar-refractivity contribution in [2.45, 2.75) is 57.8 Å². The monoisotopic (exact) mass is 491 g/mol. The van der Waals surface area contributed by atoms with Gasteiger partial charge >= 0.3 is 5.97 Å². The van der Waals surface area contributed by atoms with Crippen molar-refractivity contribution in [3.05, 3.63) is 71.8 Å². The first-order valence-corrected chi connectivity index (χ1v) is 13.0. The number of carbonyl (C=O) groups excluding carboxylic acids is 1. The molecule has 0 radical (unpaired) electrons. The Morgan fingerprint density at radius 3 is 2.39 bits per heavy atom. The highest BCUT2D eigenvalue weighted by atomic mass is 16.5. The van der Waals surface area contributed by atoms with Crippen LogP contribution in [0.3, 0.4) is 0 Å². The van der Waals surface area contributed by atoms with Crippen LogP contribution in [0.1, 0.15) is 43.2 Å². The summed E-state index contributed by atoms with van der Waals surface area (Å²) >= 11 is 0. The molecular formula is C30H37NO5. The lowest BCUT2D eigenvalue weighted by Gasteiger charge is -2.35. The highest BCUT2D eigenvalue weighted by Gasteiger charge is 2.45. The molecule has 1 saturated carbocycles. The van der Waals surface area contributed by atoms with Gasteiger partial charge in [-0.3, -0.25) is 14.5 Å². The molecule has 2 aromatic carbocycles. The molecule has 36 heavy (non-hydrogen) atoms. The van der Waals surface area contributed by atoms with E-state index in [1.54, 1.807) is 0 Å². The molecule has 2 aromatic rings. The SMILES string of the molecule is Cc1ccc(-c2ccc(COC3CC(=O)C(N4CCOCC4)C3C/C=C/CCCC(=O)O)cc2)cc1. The number of hydrogen-bond acceptors (Lipinski definition) is 5. The molecule has 1 aliphatic heterocycles. The largest absolute Gasteiger partial charge is 0.481 e. The summed E-state index contributed by atoms with van der Waals surface area (Å²) in [6.07, 6.45) is 6.73. The summed E-state index contributed by atoms with van der Waals surface area (Å²) in [5, 5.41) is 8.83. The number of Topliss-reactive ketones (excluding diaryl/α,β-unsaturated/α-hetero) is 1. The first-order valence-electron chi connectivity index (χ1n) is 13.0. The fourth-order valence-corrected chi connectivity index (χ4v) is 5.19. The number of ether oxygens (including phenoxy) is 2. The average Bonchev–Trinajstić information content (AvgIpc) is 3.20. The number of ketones is 1. The molecule has 6 heteroatoms. The number of carboxylic acid groups (broad SMARTS) is 1. The number of allylic oxidation sites excluding steroid dienone is 2. The molecule has 0 bridgehead atoms. The number of rotatable bonds is 11. The third-order valence-corrected chi connectivity index (χ3v) is 7.19. The predicted octanol–water partition coefficient (Wildman–Crippen LogP) is 5.04. The first-order chi connectivity index (χ1) is 17.5. The molecule has 1 N–H and O–H groups in total. The van der Waals surface area contributed by atoms with Crippen LogP contribution >= 0.6 is 0 Å². The van der Waals surface area contributed by atoms with Crippen molar-refractivity contribution >= 4 is 11.8 Å². The first kappa shape index (κ1) is 26.3. The minimum Gasteiger partial charge on any atom is -0.481 e. The summed E-state index contributed by atoms with van der Waals surface area (Å²) in [6, 6.07) is 16.8. The maximum Gasteiger partial charge on any atom is 0.303 e. The second-order valence-electron chi connectivity index (χ2n) is 9.83. The van der Waals surface area contributed by atoms with E-state index in [0.717, 1.165) is 31.5 Å². The third kappa shape index (κ3) is 7.12. The Balaban J connectivity index is 1.38. The van der Waals surface area contributed by atoms with E-state index < -0.39 is 5.97 Å². The zero-order valence-electron chi connectivity index (χ0n) is 21.1. The Kier molecular flexibility index (Phi) is 9.45. The van der Waals surface area contributed by atoms with E-state index in [1.807, 2.05) is 6.08 Å². The van der Waals surface area contributed by atoms with Crippen LogP contribution in [0.2, 0.25) is 0 Å². The van der Waals surface area contributed by atoms with Crippen molar-refractivity contribution in [3.63, 3.8) is 0 Å². The van der Waals surface area contributed by atoms with Gasteiger partial charge < -0.3 is 14.6 Å². The lowest BCUT2D eigenvalue weighted by Crippen LogP contribution is -2.49. The highest BCUT2D eigenvalue weighted by molar-refractivity contribution is 5.87. The number of carbonyl (C=O) groups is 2. The molecule has 3 unspecified atom stereocenters. The molecule has 6 nitrogen and oxygen atoms in total. The van der Waals surface area contributed by atoms with Gasteiger partial charge in [-0.1, -0.05) is 66.2 Å². The van der Waals surface area contributed by atoms with Crippen LogP contribution in [0, 0.1) is 12.8 Å². The zero-order valence-corrected chi connectivity index (χ0v) is 21.1. The molecule has 2 fully saturated rings. The molecule has 192 valence electrons. The van der Waals surface area contributed by atoms with Gasteiger partial charge in [0, 0.05) is 31.8 Å². The third-order valence-electron chi connectivity index (χ3n) is 7.19. The summed E-state index contributed by atoms with van der Waals surface area (Å²) in [4.78, 5) is 26.1. The number of carboxylic acids is 1. The topological polar surface area (TPSA) is 76.1 Å². The number of morpholine rings is 1. The summed E-state index contributed by atoms with van der Waals surface area (Å²) < 4.78 is 11.9. The number of aryl methyl sites for hydroxylation is 1. The molecule has 3 atom stereocenters. The standard InChI is InChI=1S/C30H37NO5/c1-22-8-12-24(13-9-22)25-14-10-23(11-15-25)21-36-28-20-27(32)30(31-16-18-35-19-17-31)26(28)6-4-2-3-5-7-29(33)34/h2,4,8-15,26,28,30H,3,5-7,16-21H2,1H3,(H,33,34)/b4-2+. The Hall–Kier alpha value is -2.80. The second-order valence-corrected chi connectivity index (χ2v) is 9.83. The summed E-state index contributed by atoms with van der Waals surface area (Å²) in [6.45, 7) is 5.40. The minimum atomic E-state index is -0.766. The Morgan fingerprint density at radius 1 is 1.06 bits per heavy atom. The predicted molar refractivity (Wildman–Crippen MR) is 140 cm³/mol. The number of benzene rings is 2. The summed E-state index contributed by atoms with van der Waals surface area (Å²) in [7, 11) is 0. The van der Waals surface area contributed by atoms with E-state index in [4.69, 9.17) is 14.6 Å². The van der Waals surface area contributed by atoms with Gasteiger partial charge in [-0.05, 0) is 42.9 Å². The van der Waals surface area contributed by atoms with Crippen molar-refractivity contribution in [3.8, 4) is 11.1 Å². The average molecular weight is 492 g/mol. The number of aliphatic carboxylic acids is 1. The van der Waals surface area contributed by atoms with E-state index >= 15 is 0 Å². The number of unbranched alkanes of at least 4 members (excludes halogenated alkanes) is 1. The van der Waals surface area contributed by atoms with Gasteiger partial charge in [0.2, 0.25) is 0 Å². The highest BCUT2D eigenvalue weighted by Crippen LogP contribution is 2.34. The van der Waals surface area contributed by atoms with Crippen molar-refractivity contribution in [2.75, 3.05) is 26.3 Å². The number of hydrogen-bond donors (Lipinski definition) is 1. The van der Waals surface area contributed by atoms with E-state index in [-0.39, 0.29) is 30.3 Å². The number of nitrogens with zero attached hydrogens (tertiary/aromatic N) is 1. The maximum atomic E-state index is 13.1. The molecule has 0 aromatic heterocycles. The van der Waals surface area contributed by atoms with E-state index in [0.29, 0.717) is 32.7 Å². The van der Waals surface area contributed by atoms with Crippen LogP contribution in [-0.2, 0) is 25.7 Å². The Bertz CT molecular complexity index is 1020. The van der Waals surface area contributed by atoms with Crippen LogP contribution in [0.15, 0.2) is 60.7 Å². The smallest absolute Gasteiger partial charge is 0.303 e. The molecule has 0 spiro atoms. The van der Waals surface area contributed by atoms with Crippen LogP contribution in [0.5, 0.6) is 0 Å². The van der Waals surface area contributed by atoms with E-state index in [9.17, 15) is 9.59 Å². The lowest BCUT2D eigenvalue weighted by molar-refractivity contribution is -0.137. The van der Waals surface area contributed by atoms with Crippen molar-refractivity contribution in [1.82, 2.24) is 4.90 Å². The molecule has 1 heterocycles. The second kappa shape index (κ2) is 12.9. The van der Waals surface area contributed by atoms with Crippen molar-refractivity contribution < 1.29 is 24.2 Å². The van der Waals surface area contributed by atoms with Gasteiger partial charge in [-0.25, -0.2) is 0 Å². The van der Waals surface area contributed by atoms with Crippen LogP contribution in [0.4, 0.5) is 0 Å².